The number of hydrogen-bond acceptors (Lipinski definition) is 9. The average molecular weight is 705 g/mol. The van der Waals surface area contributed by atoms with Crippen LogP contribution in [-0.4, -0.2) is 92.3 Å². The number of nitriles is 1. The van der Waals surface area contributed by atoms with Gasteiger partial charge in [-0.25, -0.2) is 18.9 Å². The molecule has 3 aromatic heterocycles. The molecule has 0 spiro atoms. The molecule has 0 radical (unpaired) electrons. The number of ether oxygens (including phenoxy) is 1. The van der Waals surface area contributed by atoms with Crippen molar-refractivity contribution in [1.82, 2.24) is 34.8 Å². The highest BCUT2D eigenvalue weighted by molar-refractivity contribution is 6.44. The molecule has 0 unspecified atom stereocenters. The van der Waals surface area contributed by atoms with E-state index in [1.807, 2.05) is 39.5 Å². The maximum Gasteiger partial charge on any atom is 0.410 e. The first kappa shape index (κ1) is 33.2. The van der Waals surface area contributed by atoms with Gasteiger partial charge in [-0.05, 0) is 72.0 Å². The maximum atomic E-state index is 14.9. The van der Waals surface area contributed by atoms with Crippen molar-refractivity contribution in [3.8, 4) is 17.2 Å². The van der Waals surface area contributed by atoms with Gasteiger partial charge in [0.2, 0.25) is 0 Å². The van der Waals surface area contributed by atoms with Crippen LogP contribution in [0.5, 0.6) is 0 Å². The first-order chi connectivity index (χ1) is 23.3. The lowest BCUT2D eigenvalue weighted by Crippen LogP contribution is -2.57. The van der Waals surface area contributed by atoms with E-state index >= 15 is 0 Å². The molecule has 5 heterocycles. The summed E-state index contributed by atoms with van der Waals surface area (Å²) in [5, 5.41) is 20.9. The number of likely N-dealkylation sites (N-methyl/N-ethyl adjacent to an activating group) is 1. The Hall–Kier alpha value is -4.31. The summed E-state index contributed by atoms with van der Waals surface area (Å²) >= 11 is 14.3. The molecule has 0 saturated carbocycles. The number of carbonyl (C=O) groups excluding carboxylic acids is 1. The Bertz CT molecular complexity index is 2150. The van der Waals surface area contributed by atoms with E-state index in [1.54, 1.807) is 29.3 Å². The number of anilines is 1. The zero-order valence-electron chi connectivity index (χ0n) is 27.9. The Morgan fingerprint density at radius 3 is 2.65 bits per heavy atom. The van der Waals surface area contributed by atoms with Crippen LogP contribution in [-0.2, 0) is 4.74 Å². The molecule has 0 aliphatic carbocycles. The lowest BCUT2D eigenvalue weighted by atomic mass is 9.95. The molecule has 2 aromatic carbocycles. The van der Waals surface area contributed by atoms with Gasteiger partial charge in [0, 0.05) is 53.8 Å². The molecule has 2 atom stereocenters. The Kier molecular flexibility index (Phi) is 8.49. The largest absolute Gasteiger partial charge is 0.444 e. The molecule has 0 N–H and O–H groups in total. The van der Waals surface area contributed by atoms with Crippen molar-refractivity contribution < 1.29 is 13.9 Å². The number of hydrogen-bond donors (Lipinski definition) is 0. The van der Waals surface area contributed by atoms with Crippen LogP contribution in [0.15, 0.2) is 36.5 Å². The zero-order chi connectivity index (χ0) is 34.8. The van der Waals surface area contributed by atoms with Crippen LogP contribution in [0.1, 0.15) is 46.1 Å². The van der Waals surface area contributed by atoms with E-state index in [9.17, 15) is 14.4 Å². The average Bonchev–Trinajstić information content (AvgIpc) is 3.46. The lowest BCUT2D eigenvalue weighted by Gasteiger charge is -2.43. The van der Waals surface area contributed by atoms with Gasteiger partial charge < -0.3 is 19.4 Å². The number of piperidine rings is 1. The predicted molar refractivity (Wildman–Crippen MR) is 188 cm³/mol. The van der Waals surface area contributed by atoms with Crippen molar-refractivity contribution in [1.29, 1.82) is 5.26 Å². The number of rotatable bonds is 5. The molecule has 0 bridgehead atoms. The third kappa shape index (κ3) is 5.98. The van der Waals surface area contributed by atoms with Crippen LogP contribution in [0.2, 0.25) is 10.0 Å². The van der Waals surface area contributed by atoms with Crippen molar-refractivity contribution in [2.45, 2.75) is 63.8 Å². The summed E-state index contributed by atoms with van der Waals surface area (Å²) in [6.07, 6.45) is 2.38. The molecule has 7 rings (SSSR count). The van der Waals surface area contributed by atoms with Gasteiger partial charge in [-0.2, -0.15) is 5.26 Å². The highest BCUT2D eigenvalue weighted by Gasteiger charge is 2.38. The van der Waals surface area contributed by atoms with Crippen LogP contribution in [0.4, 0.5) is 15.0 Å². The molecule has 14 heteroatoms. The second-order valence-corrected chi connectivity index (χ2v) is 14.8. The van der Waals surface area contributed by atoms with Gasteiger partial charge >= 0.3 is 6.09 Å². The molecule has 2 aliphatic rings. The number of likely N-dealkylation sites (tertiary alicyclic amines) is 1. The second kappa shape index (κ2) is 12.5. The number of pyridine rings is 2. The fourth-order valence-electron chi connectivity index (χ4n) is 6.89. The SMILES string of the molecule is CN(C)C1CN(c2nc3c(Cl)c(-c4cc(F)cc5cccnc45)c(Cl)cc3c3c2nnn3[C@H]2CCN(C(=O)OC(C)(C)C)[C@H](CC#N)C2)C1. The van der Waals surface area contributed by atoms with Gasteiger partial charge in [-0.3, -0.25) is 4.98 Å². The summed E-state index contributed by atoms with van der Waals surface area (Å²) in [4.78, 5) is 28.7. The third-order valence-electron chi connectivity index (χ3n) is 9.39. The van der Waals surface area contributed by atoms with Crippen LogP contribution in [0, 0.1) is 17.1 Å². The summed E-state index contributed by atoms with van der Waals surface area (Å²) in [5.74, 6) is 0.207. The fourth-order valence-corrected chi connectivity index (χ4v) is 7.59. The smallest absolute Gasteiger partial charge is 0.410 e. The van der Waals surface area contributed by atoms with Gasteiger partial charge in [0.05, 0.1) is 45.7 Å². The molecule has 49 heavy (non-hydrogen) atoms. The van der Waals surface area contributed by atoms with E-state index in [0.29, 0.717) is 80.2 Å². The number of aromatic nitrogens is 5. The molecule has 11 nitrogen and oxygen atoms in total. The van der Waals surface area contributed by atoms with E-state index in [0.717, 1.165) is 13.1 Å². The van der Waals surface area contributed by atoms with Crippen molar-refractivity contribution in [2.24, 2.45) is 0 Å². The first-order valence-corrected chi connectivity index (χ1v) is 17.0. The zero-order valence-corrected chi connectivity index (χ0v) is 29.4. The van der Waals surface area contributed by atoms with E-state index in [2.05, 4.69) is 31.2 Å². The maximum absolute atomic E-state index is 14.9. The van der Waals surface area contributed by atoms with Crippen molar-refractivity contribution >= 4 is 68.0 Å². The fraction of sp³-hybridized carbons (Fsp3) is 0.429. The Balaban J connectivity index is 1.39. The first-order valence-electron chi connectivity index (χ1n) is 16.2. The van der Waals surface area contributed by atoms with Gasteiger partial charge in [0.25, 0.3) is 0 Å². The number of nitrogens with zero attached hydrogens (tertiary/aromatic N) is 9. The van der Waals surface area contributed by atoms with Gasteiger partial charge in [0.15, 0.2) is 11.3 Å². The van der Waals surface area contributed by atoms with Gasteiger partial charge in [0.1, 0.15) is 16.9 Å². The Morgan fingerprint density at radius 1 is 1.16 bits per heavy atom. The van der Waals surface area contributed by atoms with Crippen molar-refractivity contribution in [3.05, 3.63) is 52.4 Å². The quantitative estimate of drug-likeness (QED) is 0.187. The molecular weight excluding hydrogens is 668 g/mol. The minimum atomic E-state index is -0.663. The lowest BCUT2D eigenvalue weighted by molar-refractivity contribution is 0.00557. The number of benzene rings is 2. The second-order valence-electron chi connectivity index (χ2n) is 14.0. The number of fused-ring (bicyclic) bond motifs is 4. The normalized spacial score (nSPS) is 18.8. The summed E-state index contributed by atoms with van der Waals surface area (Å²) in [6, 6.07) is 10.2. The van der Waals surface area contributed by atoms with Crippen LogP contribution in [0.3, 0.4) is 0 Å². The Labute approximate surface area is 293 Å². The number of halogens is 3. The van der Waals surface area contributed by atoms with E-state index in [-0.39, 0.29) is 23.5 Å². The highest BCUT2D eigenvalue weighted by Crippen LogP contribution is 2.46. The molecule has 1 amide bonds. The molecular formula is C35H36Cl2FN9O2. The summed E-state index contributed by atoms with van der Waals surface area (Å²) in [5.41, 5.74) is 2.60. The van der Waals surface area contributed by atoms with Crippen LogP contribution in [0.25, 0.3) is 44.0 Å². The van der Waals surface area contributed by atoms with E-state index in [1.165, 1.54) is 12.1 Å². The molecule has 2 aliphatic heterocycles. The van der Waals surface area contributed by atoms with Gasteiger partial charge in [-0.15, -0.1) is 5.10 Å². The monoisotopic (exact) mass is 703 g/mol. The molecule has 2 fully saturated rings. The number of amides is 1. The summed E-state index contributed by atoms with van der Waals surface area (Å²) in [7, 11) is 4.09. The third-order valence-corrected chi connectivity index (χ3v) is 10.1. The minimum Gasteiger partial charge on any atom is -0.444 e. The molecule has 5 aromatic rings. The molecule has 2 saturated heterocycles. The van der Waals surface area contributed by atoms with Gasteiger partial charge in [-0.1, -0.05) is 34.5 Å². The van der Waals surface area contributed by atoms with E-state index in [4.69, 9.17) is 32.9 Å². The van der Waals surface area contributed by atoms with E-state index < -0.39 is 17.5 Å². The predicted octanol–water partition coefficient (Wildman–Crippen LogP) is 7.25. The highest BCUT2D eigenvalue weighted by atomic mass is 35.5. The molecule has 254 valence electrons. The number of carbonyl (C=O) groups is 1. The van der Waals surface area contributed by atoms with Crippen LogP contribution < -0.4 is 4.90 Å². The Morgan fingerprint density at radius 2 is 1.94 bits per heavy atom. The minimum absolute atomic E-state index is 0.145. The summed E-state index contributed by atoms with van der Waals surface area (Å²) in [6.45, 7) is 7.32. The standard InChI is InChI=1S/C35H36Cl2FN9O2/c1-35(2,3)49-34(48)46-12-9-22(15-21(46)8-10-39)47-32-25-16-26(36)27(24-14-20(38)13-19-7-6-11-40-29(19)24)28(37)30(25)41-33(31(32)42-43-47)45-17-23(18-45)44(4)5/h6-7,11,13-14,16,21-23H,8-9,12,15,17-18H2,1-5H3/t21-,22+/m1/s1. The topological polar surface area (TPSA) is 116 Å². The van der Waals surface area contributed by atoms with Crippen molar-refractivity contribution in [3.63, 3.8) is 0 Å². The van der Waals surface area contributed by atoms with Crippen LogP contribution >= 0.6 is 23.2 Å². The summed E-state index contributed by atoms with van der Waals surface area (Å²) < 4.78 is 22.5. The van der Waals surface area contributed by atoms with Crippen molar-refractivity contribution in [2.75, 3.05) is 38.6 Å².